The van der Waals surface area contributed by atoms with Gasteiger partial charge in [0.05, 0.1) is 6.61 Å². The van der Waals surface area contributed by atoms with Gasteiger partial charge in [0.15, 0.2) is 6.23 Å². The van der Waals surface area contributed by atoms with Gasteiger partial charge in [-0.3, -0.25) is 14.6 Å². The Kier molecular flexibility index (Phi) is 9.27. The van der Waals surface area contributed by atoms with Crippen molar-refractivity contribution in [3.63, 3.8) is 0 Å². The number of carbonyl (C=O) groups is 2. The number of aliphatic hydroxyl groups is 1. The third-order valence-electron chi connectivity index (χ3n) is 6.85. The molecule has 3 aromatic rings. The number of pyridine rings is 1. The van der Waals surface area contributed by atoms with Crippen molar-refractivity contribution in [3.05, 3.63) is 84.2 Å². The van der Waals surface area contributed by atoms with E-state index in [9.17, 15) is 14.7 Å². The number of nitrogens with zero attached hydrogens (tertiary/aromatic N) is 2. The molecule has 4 rings (SSSR count). The number of aliphatic hydroxyl groups excluding tert-OH is 1. The van der Waals surface area contributed by atoms with Crippen LogP contribution in [0.2, 0.25) is 0 Å². The number of aliphatic carboxylic acids is 1. The maximum Gasteiger partial charge on any atom is 0.303 e. The van der Waals surface area contributed by atoms with E-state index in [0.29, 0.717) is 36.3 Å². The fraction of sp³-hybridized carbons (Fsp3) is 0.367. The van der Waals surface area contributed by atoms with Crippen LogP contribution >= 0.6 is 0 Å². The van der Waals surface area contributed by atoms with Crippen LogP contribution in [0.1, 0.15) is 73.5 Å². The highest BCUT2D eigenvalue weighted by Crippen LogP contribution is 2.35. The lowest BCUT2D eigenvalue weighted by molar-refractivity contribution is -0.137. The molecule has 7 nitrogen and oxygen atoms in total. The molecule has 1 amide bonds. The molecular formula is C30H34N2O5. The number of ether oxygens (including phenoxy) is 1. The standard InChI is InChI=1S/C30H34N2O5/c33-28(34)12-2-1-7-21-37-27-11-6-5-10-26(27)30(36)32(25-8-3-4-9-25)29(35)24-15-13-22(14-16-24)23-17-19-31-20-18-23/h5-6,10-11,13-20,25,30,36H,1-4,7-9,12,21H2,(H,33,34). The van der Waals surface area contributed by atoms with Gasteiger partial charge in [0.25, 0.3) is 5.91 Å². The highest BCUT2D eigenvalue weighted by Gasteiger charge is 2.34. The van der Waals surface area contributed by atoms with E-state index in [0.717, 1.165) is 43.2 Å². The molecule has 1 saturated carbocycles. The summed E-state index contributed by atoms with van der Waals surface area (Å²) in [6.07, 6.45) is 8.31. The molecule has 0 spiro atoms. The molecular weight excluding hydrogens is 468 g/mol. The lowest BCUT2D eigenvalue weighted by Gasteiger charge is -2.34. The van der Waals surface area contributed by atoms with Gasteiger partial charge in [0.1, 0.15) is 5.75 Å². The molecule has 1 aliphatic rings. The molecule has 1 aromatic heterocycles. The quantitative estimate of drug-likeness (QED) is 0.238. The van der Waals surface area contributed by atoms with Crippen molar-refractivity contribution >= 4 is 11.9 Å². The molecule has 0 saturated heterocycles. The van der Waals surface area contributed by atoms with Crippen LogP contribution in [0.3, 0.4) is 0 Å². The van der Waals surface area contributed by atoms with Crippen molar-refractivity contribution in [3.8, 4) is 16.9 Å². The van der Waals surface area contributed by atoms with E-state index in [4.69, 9.17) is 9.84 Å². The number of unbranched alkanes of at least 4 members (excludes halogenated alkanes) is 2. The van der Waals surface area contributed by atoms with Gasteiger partial charge in [-0.25, -0.2) is 0 Å². The first-order chi connectivity index (χ1) is 18.0. The molecule has 0 radical (unpaired) electrons. The van der Waals surface area contributed by atoms with E-state index < -0.39 is 12.2 Å². The van der Waals surface area contributed by atoms with Crippen LogP contribution in [0, 0.1) is 0 Å². The van der Waals surface area contributed by atoms with E-state index in [2.05, 4.69) is 4.98 Å². The molecule has 1 fully saturated rings. The van der Waals surface area contributed by atoms with Crippen LogP contribution < -0.4 is 4.74 Å². The number of hydrogen-bond donors (Lipinski definition) is 2. The lowest BCUT2D eigenvalue weighted by Crippen LogP contribution is -2.42. The largest absolute Gasteiger partial charge is 0.493 e. The monoisotopic (exact) mass is 502 g/mol. The van der Waals surface area contributed by atoms with E-state index in [1.54, 1.807) is 29.4 Å². The maximum absolute atomic E-state index is 13.8. The Labute approximate surface area is 217 Å². The summed E-state index contributed by atoms with van der Waals surface area (Å²) in [5.41, 5.74) is 3.10. The fourth-order valence-electron chi connectivity index (χ4n) is 4.87. The zero-order chi connectivity index (χ0) is 26.0. The Bertz CT molecular complexity index is 1160. The van der Waals surface area contributed by atoms with Crippen LogP contribution in [0.4, 0.5) is 0 Å². The molecule has 1 unspecified atom stereocenters. The topological polar surface area (TPSA) is 100.0 Å². The average Bonchev–Trinajstić information content (AvgIpc) is 3.46. The number of carboxylic acid groups (broad SMARTS) is 1. The molecule has 1 heterocycles. The third-order valence-corrected chi connectivity index (χ3v) is 6.85. The van der Waals surface area contributed by atoms with Gasteiger partial charge in [-0.05, 0) is 73.6 Å². The van der Waals surface area contributed by atoms with Crippen molar-refractivity contribution in [1.29, 1.82) is 0 Å². The molecule has 1 atom stereocenters. The highest BCUT2D eigenvalue weighted by atomic mass is 16.5. The summed E-state index contributed by atoms with van der Waals surface area (Å²) in [5, 5.41) is 20.3. The summed E-state index contributed by atoms with van der Waals surface area (Å²) < 4.78 is 5.98. The molecule has 37 heavy (non-hydrogen) atoms. The number of aromatic nitrogens is 1. The van der Waals surface area contributed by atoms with Crippen molar-refractivity contribution < 1.29 is 24.5 Å². The van der Waals surface area contributed by atoms with Crippen LogP contribution in [-0.2, 0) is 4.79 Å². The molecule has 2 N–H and O–H groups in total. The zero-order valence-electron chi connectivity index (χ0n) is 21.0. The Morgan fingerprint density at radius 1 is 0.919 bits per heavy atom. The van der Waals surface area contributed by atoms with E-state index in [1.807, 2.05) is 48.5 Å². The lowest BCUT2D eigenvalue weighted by atomic mass is 10.0. The normalized spacial score (nSPS) is 14.3. The van der Waals surface area contributed by atoms with Crippen molar-refractivity contribution in [2.75, 3.05) is 6.61 Å². The average molecular weight is 503 g/mol. The SMILES string of the molecule is O=C(O)CCCCCOc1ccccc1C(O)N(C(=O)c1ccc(-c2ccncc2)cc1)C1CCCC1. The second-order valence-electron chi connectivity index (χ2n) is 9.43. The predicted molar refractivity (Wildman–Crippen MR) is 141 cm³/mol. The van der Waals surface area contributed by atoms with E-state index in [1.165, 1.54) is 0 Å². The van der Waals surface area contributed by atoms with Gasteiger partial charge in [0.2, 0.25) is 0 Å². The van der Waals surface area contributed by atoms with Crippen LogP contribution in [0.15, 0.2) is 73.1 Å². The number of benzene rings is 2. The Morgan fingerprint density at radius 2 is 1.59 bits per heavy atom. The summed E-state index contributed by atoms with van der Waals surface area (Å²) in [7, 11) is 0. The molecule has 2 aromatic carbocycles. The second kappa shape index (κ2) is 13.0. The van der Waals surface area contributed by atoms with E-state index in [-0.39, 0.29) is 18.4 Å². The van der Waals surface area contributed by atoms with Crippen LogP contribution in [0.5, 0.6) is 5.75 Å². The number of carbonyl (C=O) groups excluding carboxylic acids is 1. The summed E-state index contributed by atoms with van der Waals surface area (Å²) >= 11 is 0. The minimum atomic E-state index is -1.14. The summed E-state index contributed by atoms with van der Waals surface area (Å²) in [6, 6.07) is 18.5. The van der Waals surface area contributed by atoms with Crippen LogP contribution in [-0.4, -0.2) is 44.6 Å². The number of carboxylic acids is 1. The minimum absolute atomic E-state index is 0.0496. The molecule has 1 aliphatic carbocycles. The Hall–Kier alpha value is -3.71. The number of hydrogen-bond acceptors (Lipinski definition) is 5. The first-order valence-electron chi connectivity index (χ1n) is 13.0. The Balaban J connectivity index is 1.50. The number of amides is 1. The molecule has 7 heteroatoms. The van der Waals surface area contributed by atoms with Crippen molar-refractivity contribution in [2.45, 2.75) is 63.6 Å². The van der Waals surface area contributed by atoms with Gasteiger partial charge in [0, 0.05) is 36.0 Å². The van der Waals surface area contributed by atoms with Gasteiger partial charge in [-0.15, -0.1) is 0 Å². The third kappa shape index (κ3) is 6.95. The van der Waals surface area contributed by atoms with Gasteiger partial charge >= 0.3 is 5.97 Å². The molecule has 0 bridgehead atoms. The summed E-state index contributed by atoms with van der Waals surface area (Å²) in [4.78, 5) is 30.1. The summed E-state index contributed by atoms with van der Waals surface area (Å²) in [6.45, 7) is 0.414. The smallest absolute Gasteiger partial charge is 0.303 e. The molecule has 194 valence electrons. The Morgan fingerprint density at radius 3 is 2.30 bits per heavy atom. The summed E-state index contributed by atoms with van der Waals surface area (Å²) in [5.74, 6) is -0.459. The number of rotatable bonds is 12. The van der Waals surface area contributed by atoms with Crippen LogP contribution in [0.25, 0.3) is 11.1 Å². The fourth-order valence-corrected chi connectivity index (χ4v) is 4.87. The molecule has 0 aliphatic heterocycles. The maximum atomic E-state index is 13.8. The van der Waals surface area contributed by atoms with Gasteiger partial charge in [-0.2, -0.15) is 0 Å². The van der Waals surface area contributed by atoms with E-state index >= 15 is 0 Å². The van der Waals surface area contributed by atoms with Crippen molar-refractivity contribution in [1.82, 2.24) is 9.88 Å². The first-order valence-corrected chi connectivity index (χ1v) is 13.0. The van der Waals surface area contributed by atoms with Crippen molar-refractivity contribution in [2.24, 2.45) is 0 Å². The highest BCUT2D eigenvalue weighted by molar-refractivity contribution is 5.95. The second-order valence-corrected chi connectivity index (χ2v) is 9.43. The minimum Gasteiger partial charge on any atom is -0.493 e. The van der Waals surface area contributed by atoms with Gasteiger partial charge < -0.3 is 19.8 Å². The number of para-hydroxylation sites is 1. The predicted octanol–water partition coefficient (Wildman–Crippen LogP) is 5.85. The first kappa shape index (κ1) is 26.4. The van der Waals surface area contributed by atoms with Gasteiger partial charge in [-0.1, -0.05) is 43.2 Å². The zero-order valence-corrected chi connectivity index (χ0v) is 21.0.